The number of phenolic OH excluding ortho intramolecular Hbond substituents is 1. The average Bonchev–Trinajstić information content (AvgIpc) is 2.47. The Morgan fingerprint density at radius 2 is 2.00 bits per heavy atom. The lowest BCUT2D eigenvalue weighted by atomic mass is 10.0. The zero-order chi connectivity index (χ0) is 15.4. The van der Waals surface area contributed by atoms with Crippen LogP contribution in [0.1, 0.15) is 30.5 Å². The van der Waals surface area contributed by atoms with E-state index in [0.717, 1.165) is 33.5 Å². The average molecular weight is 350 g/mol. The predicted molar refractivity (Wildman–Crippen MR) is 90.2 cm³/mol. The van der Waals surface area contributed by atoms with Gasteiger partial charge in [-0.1, -0.05) is 28.9 Å². The van der Waals surface area contributed by atoms with Gasteiger partial charge >= 0.3 is 0 Å². The lowest BCUT2D eigenvalue weighted by molar-refractivity contribution is 0.415. The SMILES string of the molecule is CCC(Nc1cc(C)ccc1OC)c1cc(Br)ccc1O. The van der Waals surface area contributed by atoms with Crippen LogP contribution >= 0.6 is 15.9 Å². The fraction of sp³-hybridized carbons (Fsp3) is 0.294. The van der Waals surface area contributed by atoms with Gasteiger partial charge in [0, 0.05) is 10.0 Å². The smallest absolute Gasteiger partial charge is 0.141 e. The van der Waals surface area contributed by atoms with Crippen LogP contribution in [0.25, 0.3) is 0 Å². The Bertz CT molecular complexity index is 628. The van der Waals surface area contributed by atoms with Crippen molar-refractivity contribution in [1.29, 1.82) is 0 Å². The number of hydrogen-bond donors (Lipinski definition) is 2. The standard InChI is InChI=1S/C17H20BrNO2/c1-4-14(13-10-12(18)6-7-16(13)20)19-15-9-11(2)5-8-17(15)21-3/h5-10,14,19-20H,4H2,1-3H3. The van der Waals surface area contributed by atoms with E-state index in [1.54, 1.807) is 13.2 Å². The first-order valence-electron chi connectivity index (χ1n) is 6.94. The molecule has 1 atom stereocenters. The van der Waals surface area contributed by atoms with Crippen molar-refractivity contribution in [3.05, 3.63) is 52.0 Å². The van der Waals surface area contributed by atoms with E-state index in [1.165, 1.54) is 0 Å². The Labute approximate surface area is 134 Å². The molecule has 2 aromatic rings. The summed E-state index contributed by atoms with van der Waals surface area (Å²) in [6.07, 6.45) is 0.848. The maximum Gasteiger partial charge on any atom is 0.141 e. The minimum Gasteiger partial charge on any atom is -0.508 e. The van der Waals surface area contributed by atoms with Gasteiger partial charge in [0.2, 0.25) is 0 Å². The van der Waals surface area contributed by atoms with Crippen LogP contribution in [0, 0.1) is 6.92 Å². The Morgan fingerprint density at radius 3 is 2.67 bits per heavy atom. The molecular weight excluding hydrogens is 330 g/mol. The Balaban J connectivity index is 2.35. The van der Waals surface area contributed by atoms with Gasteiger partial charge in [0.15, 0.2) is 0 Å². The number of hydrogen-bond acceptors (Lipinski definition) is 3. The van der Waals surface area contributed by atoms with Gasteiger partial charge in [0.25, 0.3) is 0 Å². The van der Waals surface area contributed by atoms with Crippen LogP contribution < -0.4 is 10.1 Å². The van der Waals surface area contributed by atoms with Crippen molar-refractivity contribution in [2.75, 3.05) is 12.4 Å². The number of aryl methyl sites for hydroxylation is 1. The Morgan fingerprint density at radius 1 is 1.24 bits per heavy atom. The molecule has 2 rings (SSSR count). The molecule has 0 fully saturated rings. The molecule has 0 amide bonds. The van der Waals surface area contributed by atoms with Gasteiger partial charge in [-0.05, 0) is 49.2 Å². The third kappa shape index (κ3) is 3.70. The first-order valence-corrected chi connectivity index (χ1v) is 7.74. The molecule has 4 heteroatoms. The van der Waals surface area contributed by atoms with Gasteiger partial charge in [-0.25, -0.2) is 0 Å². The number of ether oxygens (including phenoxy) is 1. The molecule has 0 aliphatic heterocycles. The van der Waals surface area contributed by atoms with Crippen molar-refractivity contribution in [3.63, 3.8) is 0 Å². The summed E-state index contributed by atoms with van der Waals surface area (Å²) < 4.78 is 6.35. The Kier molecular flexibility index (Phi) is 5.12. The molecule has 0 heterocycles. The summed E-state index contributed by atoms with van der Waals surface area (Å²) in [5.74, 6) is 1.10. The van der Waals surface area contributed by atoms with Crippen molar-refractivity contribution in [1.82, 2.24) is 0 Å². The normalized spacial score (nSPS) is 12.0. The number of halogens is 1. The fourth-order valence-electron chi connectivity index (χ4n) is 2.33. The largest absolute Gasteiger partial charge is 0.508 e. The van der Waals surface area contributed by atoms with E-state index in [0.29, 0.717) is 5.75 Å². The molecule has 0 saturated carbocycles. The summed E-state index contributed by atoms with van der Waals surface area (Å²) in [4.78, 5) is 0. The minimum absolute atomic E-state index is 0.0122. The highest BCUT2D eigenvalue weighted by Crippen LogP contribution is 2.34. The van der Waals surface area contributed by atoms with E-state index in [-0.39, 0.29) is 6.04 Å². The van der Waals surface area contributed by atoms with E-state index in [1.807, 2.05) is 31.2 Å². The van der Waals surface area contributed by atoms with Crippen molar-refractivity contribution >= 4 is 21.6 Å². The van der Waals surface area contributed by atoms with E-state index >= 15 is 0 Å². The number of anilines is 1. The molecule has 3 nitrogen and oxygen atoms in total. The number of benzene rings is 2. The Hall–Kier alpha value is -1.68. The second-order valence-electron chi connectivity index (χ2n) is 5.01. The van der Waals surface area contributed by atoms with Crippen molar-refractivity contribution in [2.24, 2.45) is 0 Å². The maximum absolute atomic E-state index is 10.1. The number of methoxy groups -OCH3 is 1. The molecule has 2 N–H and O–H groups in total. The molecule has 0 aliphatic carbocycles. The van der Waals surface area contributed by atoms with Crippen LogP contribution in [0.5, 0.6) is 11.5 Å². The number of phenols is 1. The van der Waals surface area contributed by atoms with Gasteiger partial charge in [-0.3, -0.25) is 0 Å². The zero-order valence-electron chi connectivity index (χ0n) is 12.5. The molecule has 21 heavy (non-hydrogen) atoms. The summed E-state index contributed by atoms with van der Waals surface area (Å²) in [6, 6.07) is 11.5. The van der Waals surface area contributed by atoms with Gasteiger partial charge < -0.3 is 15.2 Å². The summed E-state index contributed by atoms with van der Waals surface area (Å²) in [5, 5.41) is 13.6. The minimum atomic E-state index is 0.0122. The highest BCUT2D eigenvalue weighted by Gasteiger charge is 2.16. The molecule has 0 aromatic heterocycles. The van der Waals surface area contributed by atoms with Crippen LogP contribution in [0.3, 0.4) is 0 Å². The van der Waals surface area contributed by atoms with Gasteiger partial charge in [0.05, 0.1) is 18.8 Å². The second kappa shape index (κ2) is 6.85. The van der Waals surface area contributed by atoms with Crippen LogP contribution in [0.15, 0.2) is 40.9 Å². The number of rotatable bonds is 5. The quantitative estimate of drug-likeness (QED) is 0.794. The van der Waals surface area contributed by atoms with Crippen LogP contribution in [0.4, 0.5) is 5.69 Å². The van der Waals surface area contributed by atoms with E-state index in [2.05, 4.69) is 34.2 Å². The first-order chi connectivity index (χ1) is 10.0. The molecule has 0 saturated heterocycles. The number of nitrogens with one attached hydrogen (secondary N) is 1. The van der Waals surface area contributed by atoms with E-state index in [4.69, 9.17) is 4.74 Å². The van der Waals surface area contributed by atoms with Crippen LogP contribution in [-0.2, 0) is 0 Å². The highest BCUT2D eigenvalue weighted by atomic mass is 79.9. The third-order valence-corrected chi connectivity index (χ3v) is 3.95. The molecule has 0 radical (unpaired) electrons. The monoisotopic (exact) mass is 349 g/mol. The fourth-order valence-corrected chi connectivity index (χ4v) is 2.71. The van der Waals surface area contributed by atoms with Crippen molar-refractivity contribution in [3.8, 4) is 11.5 Å². The van der Waals surface area contributed by atoms with E-state index < -0.39 is 0 Å². The van der Waals surface area contributed by atoms with Crippen molar-refractivity contribution < 1.29 is 9.84 Å². The molecule has 0 spiro atoms. The molecule has 112 valence electrons. The topological polar surface area (TPSA) is 41.5 Å². The van der Waals surface area contributed by atoms with Crippen LogP contribution in [0.2, 0.25) is 0 Å². The molecule has 0 aliphatic rings. The van der Waals surface area contributed by atoms with Crippen molar-refractivity contribution in [2.45, 2.75) is 26.3 Å². The highest BCUT2D eigenvalue weighted by molar-refractivity contribution is 9.10. The molecule has 2 aromatic carbocycles. The first kappa shape index (κ1) is 15.7. The third-order valence-electron chi connectivity index (χ3n) is 3.46. The molecular formula is C17H20BrNO2. The van der Waals surface area contributed by atoms with Gasteiger partial charge in [-0.15, -0.1) is 0 Å². The summed E-state index contributed by atoms with van der Waals surface area (Å²) >= 11 is 3.46. The van der Waals surface area contributed by atoms with Gasteiger partial charge in [-0.2, -0.15) is 0 Å². The second-order valence-corrected chi connectivity index (χ2v) is 5.93. The zero-order valence-corrected chi connectivity index (χ0v) is 14.1. The number of aromatic hydroxyl groups is 1. The summed E-state index contributed by atoms with van der Waals surface area (Å²) in [6.45, 7) is 4.13. The molecule has 1 unspecified atom stereocenters. The van der Waals surface area contributed by atoms with Gasteiger partial charge in [0.1, 0.15) is 11.5 Å². The summed E-state index contributed by atoms with van der Waals surface area (Å²) in [7, 11) is 1.66. The maximum atomic E-state index is 10.1. The van der Waals surface area contributed by atoms with E-state index in [9.17, 15) is 5.11 Å². The lowest BCUT2D eigenvalue weighted by Crippen LogP contribution is -2.11. The van der Waals surface area contributed by atoms with Crippen LogP contribution in [-0.4, -0.2) is 12.2 Å². The lowest BCUT2D eigenvalue weighted by Gasteiger charge is -2.22. The predicted octanol–water partition coefficient (Wildman–Crippen LogP) is 5.03. The summed E-state index contributed by atoms with van der Waals surface area (Å²) in [5.41, 5.74) is 2.96. The molecule has 0 bridgehead atoms.